The number of carbonyl (C=O) groups is 1. The molecule has 110 valence electrons. The maximum absolute atomic E-state index is 12.5. The predicted octanol–water partition coefficient (Wildman–Crippen LogP) is 2.02. The Labute approximate surface area is 127 Å². The van der Waals surface area contributed by atoms with Crippen LogP contribution in [-0.4, -0.2) is 31.5 Å². The summed E-state index contributed by atoms with van der Waals surface area (Å²) in [5.74, 6) is 0.209. The third-order valence-electron chi connectivity index (χ3n) is 3.67. The Hall–Kier alpha value is -2.76. The predicted molar refractivity (Wildman–Crippen MR) is 81.9 cm³/mol. The van der Waals surface area contributed by atoms with E-state index in [1.54, 1.807) is 17.0 Å². The molecule has 1 N–H and O–H groups in total. The normalized spacial score (nSPS) is 14.2. The molecule has 1 aliphatic carbocycles. The van der Waals surface area contributed by atoms with Crippen molar-refractivity contribution in [2.45, 2.75) is 25.8 Å². The molecule has 0 aliphatic heterocycles. The number of fused-ring (bicyclic) bond motifs is 1. The molecule has 0 unspecified atom stereocenters. The summed E-state index contributed by atoms with van der Waals surface area (Å²) < 4.78 is 1.79. The average Bonchev–Trinajstić information content (AvgIpc) is 3.24. The van der Waals surface area contributed by atoms with Crippen molar-refractivity contribution in [3.8, 4) is 5.69 Å². The van der Waals surface area contributed by atoms with Crippen molar-refractivity contribution in [2.75, 3.05) is 0 Å². The molecule has 0 bridgehead atoms. The molecule has 1 aliphatic rings. The van der Waals surface area contributed by atoms with E-state index >= 15 is 0 Å². The number of aromatic nitrogens is 4. The van der Waals surface area contributed by atoms with Crippen LogP contribution in [0.4, 0.5) is 0 Å². The van der Waals surface area contributed by atoms with E-state index in [0.717, 1.165) is 24.2 Å². The molecule has 22 heavy (non-hydrogen) atoms. The van der Waals surface area contributed by atoms with Gasteiger partial charge in [0.25, 0.3) is 5.91 Å². The fourth-order valence-corrected chi connectivity index (χ4v) is 2.46. The number of hydrogen-bond donors (Lipinski definition) is 1. The van der Waals surface area contributed by atoms with Crippen LogP contribution in [0.2, 0.25) is 0 Å². The number of aryl methyl sites for hydroxylation is 1. The van der Waals surface area contributed by atoms with Gasteiger partial charge in [-0.2, -0.15) is 0 Å². The smallest absolute Gasteiger partial charge is 0.287 e. The van der Waals surface area contributed by atoms with E-state index in [-0.39, 0.29) is 11.9 Å². The summed E-state index contributed by atoms with van der Waals surface area (Å²) in [5, 5.41) is 2.99. The van der Waals surface area contributed by atoms with Gasteiger partial charge in [0.1, 0.15) is 5.52 Å². The van der Waals surface area contributed by atoms with E-state index in [2.05, 4.69) is 20.3 Å². The molecule has 1 fully saturated rings. The second kappa shape index (κ2) is 4.91. The first-order chi connectivity index (χ1) is 10.7. The first kappa shape index (κ1) is 12.9. The summed E-state index contributed by atoms with van der Waals surface area (Å²) in [6.07, 6.45) is 5.51. The van der Waals surface area contributed by atoms with Crippen LogP contribution >= 0.6 is 0 Å². The second-order valence-electron chi connectivity index (χ2n) is 5.52. The lowest BCUT2D eigenvalue weighted by Crippen LogP contribution is -2.28. The molecular formula is C16H15N5O. The molecule has 0 atom stereocenters. The summed E-state index contributed by atoms with van der Waals surface area (Å²) in [4.78, 5) is 25.6. The number of nitrogens with one attached hydrogen (secondary N) is 1. The first-order valence-corrected chi connectivity index (χ1v) is 7.30. The van der Waals surface area contributed by atoms with Crippen molar-refractivity contribution in [1.82, 2.24) is 24.8 Å². The van der Waals surface area contributed by atoms with Gasteiger partial charge >= 0.3 is 0 Å². The minimum Gasteiger partial charge on any atom is -0.347 e. The largest absolute Gasteiger partial charge is 0.347 e. The van der Waals surface area contributed by atoms with Crippen LogP contribution in [0.1, 0.15) is 29.2 Å². The summed E-state index contributed by atoms with van der Waals surface area (Å²) in [7, 11) is 0. The molecular weight excluding hydrogens is 278 g/mol. The van der Waals surface area contributed by atoms with Gasteiger partial charge in [-0.05, 0) is 44.0 Å². The molecule has 3 aromatic heterocycles. The highest BCUT2D eigenvalue weighted by molar-refractivity contribution is 5.95. The minimum atomic E-state index is -0.157. The lowest BCUT2D eigenvalue weighted by molar-refractivity contribution is 0.0939. The quantitative estimate of drug-likeness (QED) is 0.802. The highest BCUT2D eigenvalue weighted by Crippen LogP contribution is 2.22. The maximum atomic E-state index is 12.5. The Balaban J connectivity index is 1.91. The van der Waals surface area contributed by atoms with Crippen LogP contribution < -0.4 is 5.32 Å². The van der Waals surface area contributed by atoms with E-state index in [4.69, 9.17) is 0 Å². The van der Waals surface area contributed by atoms with Crippen LogP contribution in [0.5, 0.6) is 0 Å². The summed E-state index contributed by atoms with van der Waals surface area (Å²) >= 11 is 0. The minimum absolute atomic E-state index is 0.157. The standard InChI is InChI=1S/C16H15N5O/c1-10-9-12(6-8-17-10)21-14-13(3-2-7-18-14)20-15(21)16(22)19-11-4-5-11/h2-3,6-9,11H,4-5H2,1H3,(H,19,22). The zero-order valence-corrected chi connectivity index (χ0v) is 12.2. The summed E-state index contributed by atoms with van der Waals surface area (Å²) in [6.45, 7) is 1.92. The van der Waals surface area contributed by atoms with Gasteiger partial charge in [0.15, 0.2) is 5.65 Å². The van der Waals surface area contributed by atoms with Crippen molar-refractivity contribution in [3.63, 3.8) is 0 Å². The van der Waals surface area contributed by atoms with Gasteiger partial charge in [-0.25, -0.2) is 9.97 Å². The number of pyridine rings is 2. The SMILES string of the molecule is Cc1cc(-n2c(C(=O)NC3CC3)nc3cccnc32)ccn1. The third-order valence-corrected chi connectivity index (χ3v) is 3.67. The van der Waals surface area contributed by atoms with E-state index in [9.17, 15) is 4.79 Å². The number of nitrogens with zero attached hydrogens (tertiary/aromatic N) is 4. The highest BCUT2D eigenvalue weighted by Gasteiger charge is 2.27. The summed E-state index contributed by atoms with van der Waals surface area (Å²) in [5.41, 5.74) is 3.10. The van der Waals surface area contributed by atoms with Crippen LogP contribution in [0.3, 0.4) is 0 Å². The van der Waals surface area contributed by atoms with E-state index in [1.165, 1.54) is 0 Å². The molecule has 0 saturated heterocycles. The van der Waals surface area contributed by atoms with E-state index in [1.807, 2.05) is 31.2 Å². The number of hydrogen-bond acceptors (Lipinski definition) is 4. The van der Waals surface area contributed by atoms with Crippen LogP contribution in [0.15, 0.2) is 36.7 Å². The second-order valence-corrected chi connectivity index (χ2v) is 5.52. The van der Waals surface area contributed by atoms with E-state index in [0.29, 0.717) is 17.0 Å². The molecule has 1 saturated carbocycles. The molecule has 0 radical (unpaired) electrons. The molecule has 1 amide bonds. The van der Waals surface area contributed by atoms with Crippen LogP contribution in [-0.2, 0) is 0 Å². The van der Waals surface area contributed by atoms with Crippen molar-refractivity contribution < 1.29 is 4.79 Å². The summed E-state index contributed by atoms with van der Waals surface area (Å²) in [6, 6.07) is 7.74. The fourth-order valence-electron chi connectivity index (χ4n) is 2.46. The fraction of sp³-hybridized carbons (Fsp3) is 0.250. The van der Waals surface area contributed by atoms with Gasteiger partial charge in [0.05, 0.1) is 5.69 Å². The average molecular weight is 293 g/mol. The zero-order valence-electron chi connectivity index (χ0n) is 12.2. The number of rotatable bonds is 3. The Morgan fingerprint density at radius 2 is 2.14 bits per heavy atom. The van der Waals surface area contributed by atoms with Gasteiger partial charge in [0.2, 0.25) is 5.82 Å². The number of amides is 1. The Morgan fingerprint density at radius 1 is 1.27 bits per heavy atom. The number of imidazole rings is 1. The van der Waals surface area contributed by atoms with E-state index < -0.39 is 0 Å². The maximum Gasteiger partial charge on any atom is 0.287 e. The zero-order chi connectivity index (χ0) is 15.1. The first-order valence-electron chi connectivity index (χ1n) is 7.30. The molecule has 0 spiro atoms. The van der Waals surface area contributed by atoms with Gasteiger partial charge in [0, 0.05) is 24.1 Å². The molecule has 3 aromatic rings. The molecule has 0 aromatic carbocycles. The van der Waals surface area contributed by atoms with Crippen molar-refractivity contribution >= 4 is 17.1 Å². The lowest BCUT2D eigenvalue weighted by Gasteiger charge is -2.09. The molecule has 4 rings (SSSR count). The molecule has 6 heteroatoms. The number of carbonyl (C=O) groups excluding carboxylic acids is 1. The topological polar surface area (TPSA) is 72.7 Å². The van der Waals surface area contributed by atoms with Gasteiger partial charge < -0.3 is 5.32 Å². The lowest BCUT2D eigenvalue weighted by atomic mass is 10.3. The highest BCUT2D eigenvalue weighted by atomic mass is 16.2. The van der Waals surface area contributed by atoms with Gasteiger partial charge in [-0.1, -0.05) is 0 Å². The van der Waals surface area contributed by atoms with Crippen LogP contribution in [0.25, 0.3) is 16.9 Å². The molecule has 6 nitrogen and oxygen atoms in total. The monoisotopic (exact) mass is 293 g/mol. The van der Waals surface area contributed by atoms with Crippen molar-refractivity contribution in [1.29, 1.82) is 0 Å². The van der Waals surface area contributed by atoms with Crippen LogP contribution in [0, 0.1) is 6.92 Å². The third kappa shape index (κ3) is 2.22. The Kier molecular flexibility index (Phi) is 2.89. The Bertz CT molecular complexity index is 866. The van der Waals surface area contributed by atoms with Crippen molar-refractivity contribution in [3.05, 3.63) is 48.2 Å². The molecule has 3 heterocycles. The Morgan fingerprint density at radius 3 is 2.91 bits per heavy atom. The van der Waals surface area contributed by atoms with Crippen molar-refractivity contribution in [2.24, 2.45) is 0 Å². The van der Waals surface area contributed by atoms with Gasteiger partial charge in [-0.3, -0.25) is 14.3 Å². The van der Waals surface area contributed by atoms with Gasteiger partial charge in [-0.15, -0.1) is 0 Å².